The van der Waals surface area contributed by atoms with E-state index < -0.39 is 0 Å². The van der Waals surface area contributed by atoms with E-state index in [0.29, 0.717) is 5.56 Å². The van der Waals surface area contributed by atoms with Gasteiger partial charge in [0.15, 0.2) is 0 Å². The molecular weight excluding hydrogens is 151 g/mol. The quantitative estimate of drug-likeness (QED) is 0.599. The molecule has 0 heterocycles. The number of hydrogen-bond donors (Lipinski definition) is 0. The highest BCUT2D eigenvalue weighted by molar-refractivity contribution is 5.16. The third-order valence-electron chi connectivity index (χ3n) is 1.59. The maximum Gasteiger partial charge on any atom is 0.127 e. The number of halogens is 1. The van der Waals surface area contributed by atoms with Crippen molar-refractivity contribution >= 4 is 0 Å². The van der Waals surface area contributed by atoms with Crippen LogP contribution in [0, 0.1) is 17.3 Å². The van der Waals surface area contributed by atoms with Gasteiger partial charge in [-0.05, 0) is 29.5 Å². The van der Waals surface area contributed by atoms with Crippen LogP contribution in [0.5, 0.6) is 0 Å². The van der Waals surface area contributed by atoms with E-state index >= 15 is 0 Å². The maximum absolute atomic E-state index is 13.1. The van der Waals surface area contributed by atoms with E-state index in [1.807, 2.05) is 0 Å². The van der Waals surface area contributed by atoms with Crippen molar-refractivity contribution in [1.82, 2.24) is 0 Å². The Kier molecular flexibility index (Phi) is 2.51. The molecule has 0 nitrogen and oxygen atoms in total. The second-order valence-electron chi connectivity index (χ2n) is 4.23. The van der Waals surface area contributed by atoms with Crippen molar-refractivity contribution in [2.45, 2.75) is 27.2 Å². The van der Waals surface area contributed by atoms with Crippen molar-refractivity contribution in [3.63, 3.8) is 0 Å². The summed E-state index contributed by atoms with van der Waals surface area (Å²) in [5.74, 6) is -0.146. The maximum atomic E-state index is 13.1. The Morgan fingerprint density at radius 1 is 1.42 bits per heavy atom. The Morgan fingerprint density at radius 3 is 2.58 bits per heavy atom. The summed E-state index contributed by atoms with van der Waals surface area (Å²) in [5, 5.41) is 0. The van der Waals surface area contributed by atoms with Crippen LogP contribution in [0.3, 0.4) is 0 Å². The summed E-state index contributed by atoms with van der Waals surface area (Å²) in [4.78, 5) is 0. The molecule has 1 radical (unpaired) electrons. The van der Waals surface area contributed by atoms with Crippen LogP contribution in [0.4, 0.5) is 4.39 Å². The van der Waals surface area contributed by atoms with Crippen LogP contribution in [-0.4, -0.2) is 0 Å². The minimum atomic E-state index is -0.146. The molecule has 0 aliphatic heterocycles. The molecule has 0 aromatic heterocycles. The molecule has 0 spiro atoms. The lowest BCUT2D eigenvalue weighted by Crippen LogP contribution is -2.10. The lowest BCUT2D eigenvalue weighted by atomic mass is 9.88. The first-order chi connectivity index (χ1) is 5.49. The highest BCUT2D eigenvalue weighted by atomic mass is 19.1. The Bertz CT molecular complexity index is 258. The molecule has 0 N–H and O–H groups in total. The molecule has 0 saturated heterocycles. The molecule has 0 aliphatic carbocycles. The first kappa shape index (κ1) is 9.24. The van der Waals surface area contributed by atoms with Gasteiger partial charge in [-0.3, -0.25) is 0 Å². The van der Waals surface area contributed by atoms with Crippen LogP contribution in [0.15, 0.2) is 18.2 Å². The fourth-order valence-electron chi connectivity index (χ4n) is 1.12. The molecule has 1 aromatic carbocycles. The predicted octanol–water partition coefficient (Wildman–Crippen LogP) is 3.21. The highest BCUT2D eigenvalue weighted by Gasteiger charge is 2.13. The fourth-order valence-corrected chi connectivity index (χ4v) is 1.12. The molecule has 0 amide bonds. The normalized spacial score (nSPS) is 11.7. The highest BCUT2D eigenvalue weighted by Crippen LogP contribution is 2.21. The summed E-state index contributed by atoms with van der Waals surface area (Å²) in [6.07, 6.45) is 0.736. The zero-order valence-corrected chi connectivity index (χ0v) is 7.82. The molecule has 65 valence electrons. The minimum Gasteiger partial charge on any atom is -0.207 e. The molecule has 1 heteroatoms. The van der Waals surface area contributed by atoms with Crippen LogP contribution >= 0.6 is 0 Å². The van der Waals surface area contributed by atoms with E-state index in [0.717, 1.165) is 6.42 Å². The SMILES string of the molecule is CC(C)(C)Cc1[c]cccc1F. The Labute approximate surface area is 73.4 Å². The van der Waals surface area contributed by atoms with E-state index in [1.165, 1.54) is 6.07 Å². The zero-order chi connectivity index (χ0) is 9.19. The first-order valence-corrected chi connectivity index (χ1v) is 4.14. The van der Waals surface area contributed by atoms with Gasteiger partial charge >= 0.3 is 0 Å². The van der Waals surface area contributed by atoms with Gasteiger partial charge in [-0.1, -0.05) is 32.9 Å². The van der Waals surface area contributed by atoms with Crippen molar-refractivity contribution in [3.05, 3.63) is 35.6 Å². The second-order valence-corrected chi connectivity index (χ2v) is 4.23. The molecule has 0 atom stereocenters. The number of hydrogen-bond acceptors (Lipinski definition) is 0. The van der Waals surface area contributed by atoms with E-state index in [1.54, 1.807) is 12.1 Å². The third-order valence-corrected chi connectivity index (χ3v) is 1.59. The van der Waals surface area contributed by atoms with Gasteiger partial charge in [0.2, 0.25) is 0 Å². The van der Waals surface area contributed by atoms with Crippen LogP contribution < -0.4 is 0 Å². The lowest BCUT2D eigenvalue weighted by molar-refractivity contribution is 0.402. The topological polar surface area (TPSA) is 0 Å². The minimum absolute atomic E-state index is 0.124. The summed E-state index contributed by atoms with van der Waals surface area (Å²) >= 11 is 0. The van der Waals surface area contributed by atoms with Gasteiger partial charge in [0.25, 0.3) is 0 Å². The third kappa shape index (κ3) is 2.65. The van der Waals surface area contributed by atoms with Gasteiger partial charge in [-0.15, -0.1) is 0 Å². The van der Waals surface area contributed by atoms with E-state index in [-0.39, 0.29) is 11.2 Å². The van der Waals surface area contributed by atoms with Crippen LogP contribution in [0.25, 0.3) is 0 Å². The summed E-state index contributed by atoms with van der Waals surface area (Å²) < 4.78 is 13.1. The first-order valence-electron chi connectivity index (χ1n) is 4.14. The molecule has 1 rings (SSSR count). The standard InChI is InChI=1S/C11H14F/c1-11(2,3)8-9-6-4-5-7-10(9)12/h4-5,7H,8H2,1-3H3. The summed E-state index contributed by atoms with van der Waals surface area (Å²) in [6, 6.07) is 7.82. The van der Waals surface area contributed by atoms with Gasteiger partial charge < -0.3 is 0 Å². The Morgan fingerprint density at radius 2 is 2.08 bits per heavy atom. The average molecular weight is 165 g/mol. The number of benzene rings is 1. The molecule has 0 aliphatic rings. The van der Waals surface area contributed by atoms with Crippen molar-refractivity contribution in [1.29, 1.82) is 0 Å². The van der Waals surface area contributed by atoms with Crippen LogP contribution in [0.1, 0.15) is 26.3 Å². The molecule has 0 fully saturated rings. The molecule has 12 heavy (non-hydrogen) atoms. The number of rotatable bonds is 1. The van der Waals surface area contributed by atoms with Gasteiger partial charge in [-0.2, -0.15) is 0 Å². The van der Waals surface area contributed by atoms with Crippen LogP contribution in [0.2, 0.25) is 0 Å². The largest absolute Gasteiger partial charge is 0.207 e. The van der Waals surface area contributed by atoms with Crippen LogP contribution in [-0.2, 0) is 6.42 Å². The second kappa shape index (κ2) is 3.26. The van der Waals surface area contributed by atoms with Gasteiger partial charge in [0.05, 0.1) is 0 Å². The smallest absolute Gasteiger partial charge is 0.127 e. The van der Waals surface area contributed by atoms with E-state index in [4.69, 9.17) is 0 Å². The van der Waals surface area contributed by atoms with Gasteiger partial charge in [-0.25, -0.2) is 4.39 Å². The monoisotopic (exact) mass is 165 g/mol. The predicted molar refractivity (Wildman–Crippen MR) is 48.4 cm³/mol. The zero-order valence-electron chi connectivity index (χ0n) is 7.82. The Hall–Kier alpha value is -0.850. The average Bonchev–Trinajstić information content (AvgIpc) is 1.91. The Balaban J connectivity index is 2.83. The lowest BCUT2D eigenvalue weighted by Gasteiger charge is -2.17. The van der Waals surface area contributed by atoms with Crippen molar-refractivity contribution in [2.24, 2.45) is 5.41 Å². The summed E-state index contributed by atoms with van der Waals surface area (Å²) in [6.45, 7) is 6.27. The van der Waals surface area contributed by atoms with Gasteiger partial charge in [0, 0.05) is 0 Å². The molecule has 0 saturated carbocycles. The molecular formula is C11H14F. The van der Waals surface area contributed by atoms with E-state index in [9.17, 15) is 4.39 Å². The molecule has 0 bridgehead atoms. The van der Waals surface area contributed by atoms with Gasteiger partial charge in [0.1, 0.15) is 5.82 Å². The van der Waals surface area contributed by atoms with Crippen molar-refractivity contribution in [2.75, 3.05) is 0 Å². The molecule has 1 aromatic rings. The van der Waals surface area contributed by atoms with Crippen molar-refractivity contribution in [3.8, 4) is 0 Å². The van der Waals surface area contributed by atoms with E-state index in [2.05, 4.69) is 26.8 Å². The summed E-state index contributed by atoms with van der Waals surface area (Å²) in [5.41, 5.74) is 0.809. The summed E-state index contributed by atoms with van der Waals surface area (Å²) in [7, 11) is 0. The molecule has 0 unspecified atom stereocenters. The fraction of sp³-hybridized carbons (Fsp3) is 0.455. The van der Waals surface area contributed by atoms with Crippen molar-refractivity contribution < 1.29 is 4.39 Å².